The summed E-state index contributed by atoms with van der Waals surface area (Å²) in [6.07, 6.45) is 0.921. The molecule has 2 aromatic heterocycles. The zero-order chi connectivity index (χ0) is 18.8. The number of hydrogen-bond acceptors (Lipinski definition) is 5. The first-order chi connectivity index (χ1) is 12.4. The van der Waals surface area contributed by atoms with Crippen LogP contribution in [0.3, 0.4) is 0 Å². The number of carbonyl (C=O) groups excluding carboxylic acids is 1. The fourth-order valence-corrected chi connectivity index (χ4v) is 4.52. The number of carbonyl (C=O) groups is 1. The average Bonchev–Trinajstić information content (AvgIpc) is 2.91. The summed E-state index contributed by atoms with van der Waals surface area (Å²) in [6, 6.07) is 7.81. The van der Waals surface area contributed by atoms with Gasteiger partial charge in [0, 0.05) is 17.6 Å². The van der Waals surface area contributed by atoms with Crippen LogP contribution in [-0.2, 0) is 18.3 Å². The Balaban J connectivity index is 1.76. The third-order valence-corrected chi connectivity index (χ3v) is 6.45. The van der Waals surface area contributed by atoms with Crippen LogP contribution in [0.15, 0.2) is 34.2 Å². The molecule has 7 heteroatoms. The molecule has 0 aliphatic heterocycles. The van der Waals surface area contributed by atoms with E-state index in [1.165, 1.54) is 33.2 Å². The molecule has 0 fully saturated rings. The molecule has 0 radical (unpaired) electrons. The highest BCUT2D eigenvalue weighted by atomic mass is 32.2. The lowest BCUT2D eigenvalue weighted by Gasteiger charge is -2.09. The van der Waals surface area contributed by atoms with E-state index in [0.29, 0.717) is 10.5 Å². The minimum Gasteiger partial charge on any atom is -0.325 e. The molecule has 0 aliphatic carbocycles. The summed E-state index contributed by atoms with van der Waals surface area (Å²) in [5, 5.41) is 4.14. The fraction of sp³-hybridized carbons (Fsp3) is 0.316. The van der Waals surface area contributed by atoms with Gasteiger partial charge in [-0.1, -0.05) is 30.8 Å². The van der Waals surface area contributed by atoms with Gasteiger partial charge < -0.3 is 5.32 Å². The van der Waals surface area contributed by atoms with Gasteiger partial charge in [0.1, 0.15) is 4.83 Å². The van der Waals surface area contributed by atoms with Gasteiger partial charge in [0.2, 0.25) is 5.91 Å². The largest absolute Gasteiger partial charge is 0.325 e. The molecule has 0 saturated carbocycles. The van der Waals surface area contributed by atoms with E-state index in [-0.39, 0.29) is 17.2 Å². The molecular formula is C19H21N3O2S2. The molecule has 0 saturated heterocycles. The van der Waals surface area contributed by atoms with Crippen molar-refractivity contribution in [2.75, 3.05) is 11.1 Å². The predicted octanol–water partition coefficient (Wildman–Crippen LogP) is 3.91. The van der Waals surface area contributed by atoms with Crippen molar-refractivity contribution in [3.63, 3.8) is 0 Å². The maximum Gasteiger partial charge on any atom is 0.262 e. The van der Waals surface area contributed by atoms with E-state index in [1.807, 2.05) is 38.1 Å². The third kappa shape index (κ3) is 3.68. The van der Waals surface area contributed by atoms with Crippen LogP contribution in [0, 0.1) is 13.8 Å². The third-order valence-electron chi connectivity index (χ3n) is 4.32. The number of nitrogens with one attached hydrogen (secondary N) is 1. The van der Waals surface area contributed by atoms with Gasteiger partial charge in [-0.25, -0.2) is 4.98 Å². The SMILES string of the molecule is CCc1cccc(NC(=O)CSc2nc3sc(C)c(C)c3c(=O)n2C)c1. The van der Waals surface area contributed by atoms with Gasteiger partial charge in [-0.15, -0.1) is 11.3 Å². The van der Waals surface area contributed by atoms with Crippen molar-refractivity contribution in [3.05, 3.63) is 50.6 Å². The summed E-state index contributed by atoms with van der Waals surface area (Å²) in [6.45, 7) is 6.01. The number of anilines is 1. The quantitative estimate of drug-likeness (QED) is 0.533. The maximum atomic E-state index is 12.6. The van der Waals surface area contributed by atoms with Crippen LogP contribution < -0.4 is 10.9 Å². The number of fused-ring (bicyclic) bond motifs is 1. The van der Waals surface area contributed by atoms with Crippen LogP contribution in [0.4, 0.5) is 5.69 Å². The van der Waals surface area contributed by atoms with Gasteiger partial charge in [0.25, 0.3) is 5.56 Å². The molecule has 5 nitrogen and oxygen atoms in total. The molecule has 0 aliphatic rings. The summed E-state index contributed by atoms with van der Waals surface area (Å²) in [4.78, 5) is 31.3. The van der Waals surface area contributed by atoms with Crippen LogP contribution in [0.2, 0.25) is 0 Å². The molecular weight excluding hydrogens is 366 g/mol. The number of aryl methyl sites for hydroxylation is 3. The molecule has 1 aromatic carbocycles. The van der Waals surface area contributed by atoms with Crippen molar-refractivity contribution in [1.29, 1.82) is 0 Å². The maximum absolute atomic E-state index is 12.6. The van der Waals surface area contributed by atoms with E-state index < -0.39 is 0 Å². The lowest BCUT2D eigenvalue weighted by atomic mass is 10.1. The van der Waals surface area contributed by atoms with E-state index in [9.17, 15) is 9.59 Å². The van der Waals surface area contributed by atoms with Crippen LogP contribution in [-0.4, -0.2) is 21.2 Å². The normalized spacial score (nSPS) is 11.1. The van der Waals surface area contributed by atoms with Crippen molar-refractivity contribution in [3.8, 4) is 0 Å². The van der Waals surface area contributed by atoms with Gasteiger partial charge in [0.15, 0.2) is 5.16 Å². The summed E-state index contributed by atoms with van der Waals surface area (Å²) < 4.78 is 1.52. The summed E-state index contributed by atoms with van der Waals surface area (Å²) >= 11 is 2.79. The van der Waals surface area contributed by atoms with E-state index in [2.05, 4.69) is 17.2 Å². The molecule has 0 unspecified atom stereocenters. The average molecular weight is 388 g/mol. The van der Waals surface area contributed by atoms with Crippen LogP contribution in [0.5, 0.6) is 0 Å². The van der Waals surface area contributed by atoms with Crippen molar-refractivity contribution in [2.45, 2.75) is 32.3 Å². The fourth-order valence-electron chi connectivity index (χ4n) is 2.68. The highest BCUT2D eigenvalue weighted by Gasteiger charge is 2.15. The van der Waals surface area contributed by atoms with E-state index in [1.54, 1.807) is 7.05 Å². The molecule has 3 aromatic rings. The van der Waals surface area contributed by atoms with Gasteiger partial charge in [-0.3, -0.25) is 14.2 Å². The number of hydrogen-bond donors (Lipinski definition) is 1. The molecule has 2 heterocycles. The predicted molar refractivity (Wildman–Crippen MR) is 110 cm³/mol. The number of amides is 1. The van der Waals surface area contributed by atoms with Gasteiger partial charge in [0.05, 0.1) is 11.1 Å². The molecule has 26 heavy (non-hydrogen) atoms. The molecule has 0 spiro atoms. The standard InChI is InChI=1S/C19H21N3O2S2/c1-5-13-7-6-8-14(9-13)20-15(23)10-25-19-21-17-16(18(24)22(19)4)11(2)12(3)26-17/h6-9H,5,10H2,1-4H3,(H,20,23). The number of aromatic nitrogens is 2. The van der Waals surface area contributed by atoms with E-state index in [4.69, 9.17) is 0 Å². The Kier molecular flexibility index (Phi) is 5.48. The summed E-state index contributed by atoms with van der Waals surface area (Å²) in [5.41, 5.74) is 2.89. The van der Waals surface area contributed by atoms with Crippen molar-refractivity contribution in [1.82, 2.24) is 9.55 Å². The molecule has 3 rings (SSSR count). The second-order valence-electron chi connectivity index (χ2n) is 6.11. The number of thioether (sulfide) groups is 1. The Morgan fingerprint density at radius 3 is 2.85 bits per heavy atom. The van der Waals surface area contributed by atoms with Gasteiger partial charge >= 0.3 is 0 Å². The lowest BCUT2D eigenvalue weighted by molar-refractivity contribution is -0.113. The van der Waals surface area contributed by atoms with Crippen LogP contribution in [0.1, 0.15) is 22.9 Å². The topological polar surface area (TPSA) is 64.0 Å². The Morgan fingerprint density at radius 1 is 1.35 bits per heavy atom. The van der Waals surface area contributed by atoms with Crippen molar-refractivity contribution >= 4 is 44.9 Å². The number of rotatable bonds is 5. The van der Waals surface area contributed by atoms with Crippen molar-refractivity contribution < 1.29 is 4.79 Å². The summed E-state index contributed by atoms with van der Waals surface area (Å²) in [5.74, 6) is 0.0852. The van der Waals surface area contributed by atoms with Crippen LogP contribution >= 0.6 is 23.1 Å². The second-order valence-corrected chi connectivity index (χ2v) is 8.26. The van der Waals surface area contributed by atoms with Gasteiger partial charge in [-0.2, -0.15) is 0 Å². The summed E-state index contributed by atoms with van der Waals surface area (Å²) in [7, 11) is 1.70. The zero-order valence-electron chi connectivity index (χ0n) is 15.3. The number of thiophene rings is 1. The Labute approximate surface area is 160 Å². The monoisotopic (exact) mass is 387 g/mol. The number of nitrogens with zero attached hydrogens (tertiary/aromatic N) is 2. The number of benzene rings is 1. The highest BCUT2D eigenvalue weighted by Crippen LogP contribution is 2.28. The first-order valence-corrected chi connectivity index (χ1v) is 10.2. The van der Waals surface area contributed by atoms with Crippen LogP contribution in [0.25, 0.3) is 10.2 Å². The first-order valence-electron chi connectivity index (χ1n) is 8.39. The first kappa shape index (κ1) is 18.7. The van der Waals surface area contributed by atoms with E-state index in [0.717, 1.165) is 27.4 Å². The lowest BCUT2D eigenvalue weighted by Crippen LogP contribution is -2.21. The minimum atomic E-state index is -0.115. The van der Waals surface area contributed by atoms with Gasteiger partial charge in [-0.05, 0) is 43.5 Å². The highest BCUT2D eigenvalue weighted by molar-refractivity contribution is 7.99. The Morgan fingerprint density at radius 2 is 2.12 bits per heavy atom. The Hall–Kier alpha value is -2.12. The smallest absolute Gasteiger partial charge is 0.262 e. The molecule has 1 amide bonds. The molecule has 0 atom stereocenters. The molecule has 136 valence electrons. The van der Waals surface area contributed by atoms with Crippen molar-refractivity contribution in [2.24, 2.45) is 7.05 Å². The molecule has 1 N–H and O–H groups in total. The van der Waals surface area contributed by atoms with E-state index >= 15 is 0 Å². The second kappa shape index (κ2) is 7.63. The molecule has 0 bridgehead atoms. The minimum absolute atomic E-state index is 0.0598. The Bertz CT molecular complexity index is 1040. The zero-order valence-corrected chi connectivity index (χ0v) is 16.9.